The van der Waals surface area contributed by atoms with Crippen LogP contribution in [0.3, 0.4) is 0 Å². The third-order valence-corrected chi connectivity index (χ3v) is 4.38. The Morgan fingerprint density at radius 1 is 1.36 bits per heavy atom. The van der Waals surface area contributed by atoms with Crippen LogP contribution in [0.5, 0.6) is 0 Å². The van der Waals surface area contributed by atoms with Crippen molar-refractivity contribution < 1.29 is 9.18 Å². The number of carbonyl (C=O) groups is 1. The van der Waals surface area contributed by atoms with Crippen LogP contribution < -0.4 is 5.32 Å². The maximum absolute atomic E-state index is 13.0. The van der Waals surface area contributed by atoms with Gasteiger partial charge in [-0.25, -0.2) is 4.39 Å². The van der Waals surface area contributed by atoms with Gasteiger partial charge in [0.15, 0.2) is 0 Å². The first-order valence-corrected chi connectivity index (χ1v) is 8.37. The van der Waals surface area contributed by atoms with E-state index in [0.29, 0.717) is 12.8 Å². The van der Waals surface area contributed by atoms with Crippen molar-refractivity contribution in [2.24, 2.45) is 5.92 Å². The van der Waals surface area contributed by atoms with Gasteiger partial charge in [0.1, 0.15) is 5.82 Å². The molecular formula is C18H27FN2O. The highest BCUT2D eigenvalue weighted by atomic mass is 19.1. The largest absolute Gasteiger partial charge is 0.356 e. The Labute approximate surface area is 132 Å². The molecule has 1 aromatic rings. The van der Waals surface area contributed by atoms with Crippen LogP contribution >= 0.6 is 0 Å². The van der Waals surface area contributed by atoms with Gasteiger partial charge in [-0.3, -0.25) is 4.79 Å². The molecule has 1 N–H and O–H groups in total. The lowest BCUT2D eigenvalue weighted by Crippen LogP contribution is -2.35. The quantitative estimate of drug-likeness (QED) is 0.786. The van der Waals surface area contributed by atoms with E-state index in [1.165, 1.54) is 38.1 Å². The van der Waals surface area contributed by atoms with Gasteiger partial charge in [-0.15, -0.1) is 0 Å². The zero-order valence-corrected chi connectivity index (χ0v) is 13.5. The summed E-state index contributed by atoms with van der Waals surface area (Å²) in [5.74, 6) is 0.670. The molecule has 0 radical (unpaired) electrons. The minimum absolute atomic E-state index is 0.0523. The van der Waals surface area contributed by atoms with E-state index in [4.69, 9.17) is 0 Å². The van der Waals surface area contributed by atoms with Crippen molar-refractivity contribution in [3.8, 4) is 0 Å². The Hall–Kier alpha value is -1.42. The molecule has 1 amide bonds. The SMILES string of the molecule is CC1CCN(CCCNC(=O)CCc2cccc(F)c2)CC1. The molecule has 1 fully saturated rings. The van der Waals surface area contributed by atoms with E-state index in [2.05, 4.69) is 17.1 Å². The molecule has 0 atom stereocenters. The summed E-state index contributed by atoms with van der Waals surface area (Å²) in [5, 5.41) is 2.96. The fourth-order valence-electron chi connectivity index (χ4n) is 2.85. The number of amides is 1. The Morgan fingerprint density at radius 3 is 2.86 bits per heavy atom. The number of carbonyl (C=O) groups excluding carboxylic acids is 1. The molecule has 0 spiro atoms. The lowest BCUT2D eigenvalue weighted by Gasteiger charge is -2.30. The second-order valence-corrected chi connectivity index (χ2v) is 6.36. The topological polar surface area (TPSA) is 32.3 Å². The van der Waals surface area contributed by atoms with Crippen LogP contribution in [0.25, 0.3) is 0 Å². The second kappa shape index (κ2) is 8.89. The molecule has 4 heteroatoms. The van der Waals surface area contributed by atoms with Crippen molar-refractivity contribution in [2.75, 3.05) is 26.2 Å². The van der Waals surface area contributed by atoms with Gasteiger partial charge in [0.05, 0.1) is 0 Å². The molecule has 1 aliphatic heterocycles. The predicted octanol–water partition coefficient (Wildman–Crippen LogP) is 3.00. The zero-order valence-electron chi connectivity index (χ0n) is 13.5. The molecule has 1 saturated heterocycles. The van der Waals surface area contributed by atoms with Gasteiger partial charge in [-0.05, 0) is 68.9 Å². The average molecular weight is 306 g/mol. The molecule has 0 unspecified atom stereocenters. The highest BCUT2D eigenvalue weighted by Crippen LogP contribution is 2.15. The molecule has 0 saturated carbocycles. The van der Waals surface area contributed by atoms with Gasteiger partial charge in [-0.2, -0.15) is 0 Å². The van der Waals surface area contributed by atoms with Gasteiger partial charge < -0.3 is 10.2 Å². The zero-order chi connectivity index (χ0) is 15.8. The van der Waals surface area contributed by atoms with E-state index in [1.807, 2.05) is 6.07 Å². The summed E-state index contributed by atoms with van der Waals surface area (Å²) in [6, 6.07) is 6.45. The Bertz CT molecular complexity index is 470. The third kappa shape index (κ3) is 6.14. The van der Waals surface area contributed by atoms with Crippen LogP contribution in [-0.2, 0) is 11.2 Å². The second-order valence-electron chi connectivity index (χ2n) is 6.36. The van der Waals surface area contributed by atoms with Crippen molar-refractivity contribution in [3.63, 3.8) is 0 Å². The number of piperidine rings is 1. The Balaban J connectivity index is 1.54. The minimum atomic E-state index is -0.242. The van der Waals surface area contributed by atoms with Crippen LogP contribution in [0.2, 0.25) is 0 Å². The third-order valence-electron chi connectivity index (χ3n) is 4.38. The fourth-order valence-corrected chi connectivity index (χ4v) is 2.85. The first kappa shape index (κ1) is 16.9. The Morgan fingerprint density at radius 2 is 2.14 bits per heavy atom. The summed E-state index contributed by atoms with van der Waals surface area (Å²) in [6.07, 6.45) is 4.60. The van der Waals surface area contributed by atoms with Crippen LogP contribution in [-0.4, -0.2) is 37.0 Å². The smallest absolute Gasteiger partial charge is 0.220 e. The fraction of sp³-hybridized carbons (Fsp3) is 0.611. The van der Waals surface area contributed by atoms with Crippen LogP contribution in [0.4, 0.5) is 4.39 Å². The molecule has 0 aliphatic carbocycles. The summed E-state index contributed by atoms with van der Waals surface area (Å²) in [7, 11) is 0. The van der Waals surface area contributed by atoms with Crippen molar-refractivity contribution in [1.82, 2.24) is 10.2 Å². The van der Waals surface area contributed by atoms with Crippen LogP contribution in [0.1, 0.15) is 38.2 Å². The minimum Gasteiger partial charge on any atom is -0.356 e. The molecule has 0 aromatic heterocycles. The molecule has 1 aromatic carbocycles. The first-order valence-electron chi connectivity index (χ1n) is 8.37. The van der Waals surface area contributed by atoms with E-state index >= 15 is 0 Å². The molecular weight excluding hydrogens is 279 g/mol. The number of likely N-dealkylation sites (tertiary alicyclic amines) is 1. The van der Waals surface area contributed by atoms with E-state index in [1.54, 1.807) is 6.07 Å². The highest BCUT2D eigenvalue weighted by Gasteiger charge is 2.14. The Kier molecular flexibility index (Phi) is 6.84. The lowest BCUT2D eigenvalue weighted by molar-refractivity contribution is -0.121. The normalized spacial score (nSPS) is 16.6. The average Bonchev–Trinajstić information content (AvgIpc) is 2.51. The van der Waals surface area contributed by atoms with Gasteiger partial charge in [0.25, 0.3) is 0 Å². The van der Waals surface area contributed by atoms with E-state index in [9.17, 15) is 9.18 Å². The summed E-state index contributed by atoms with van der Waals surface area (Å²) in [6.45, 7) is 6.49. The monoisotopic (exact) mass is 306 g/mol. The maximum Gasteiger partial charge on any atom is 0.220 e. The van der Waals surface area contributed by atoms with Crippen molar-refractivity contribution in [3.05, 3.63) is 35.6 Å². The van der Waals surface area contributed by atoms with Crippen molar-refractivity contribution in [1.29, 1.82) is 0 Å². The number of rotatable bonds is 7. The molecule has 0 bridgehead atoms. The number of aryl methyl sites for hydroxylation is 1. The highest BCUT2D eigenvalue weighted by molar-refractivity contribution is 5.76. The van der Waals surface area contributed by atoms with E-state index in [-0.39, 0.29) is 11.7 Å². The summed E-state index contributed by atoms with van der Waals surface area (Å²) in [4.78, 5) is 14.3. The summed E-state index contributed by atoms with van der Waals surface area (Å²) >= 11 is 0. The number of hydrogen-bond donors (Lipinski definition) is 1. The van der Waals surface area contributed by atoms with E-state index in [0.717, 1.165) is 31.0 Å². The van der Waals surface area contributed by atoms with Gasteiger partial charge in [-0.1, -0.05) is 19.1 Å². The molecule has 122 valence electrons. The molecule has 3 nitrogen and oxygen atoms in total. The molecule has 22 heavy (non-hydrogen) atoms. The van der Waals surface area contributed by atoms with E-state index < -0.39 is 0 Å². The number of hydrogen-bond acceptors (Lipinski definition) is 2. The molecule has 2 rings (SSSR count). The number of nitrogens with one attached hydrogen (secondary N) is 1. The van der Waals surface area contributed by atoms with Crippen molar-refractivity contribution in [2.45, 2.75) is 39.0 Å². The van der Waals surface area contributed by atoms with Crippen LogP contribution in [0, 0.1) is 11.7 Å². The number of benzene rings is 1. The number of nitrogens with zero attached hydrogens (tertiary/aromatic N) is 1. The van der Waals surface area contributed by atoms with Crippen molar-refractivity contribution >= 4 is 5.91 Å². The predicted molar refractivity (Wildman–Crippen MR) is 87.2 cm³/mol. The van der Waals surface area contributed by atoms with Gasteiger partial charge >= 0.3 is 0 Å². The standard InChI is InChI=1S/C18H27FN2O/c1-15-8-12-21(13-9-15)11-3-10-20-18(22)7-6-16-4-2-5-17(19)14-16/h2,4-5,14-15H,3,6-13H2,1H3,(H,20,22). The summed E-state index contributed by atoms with van der Waals surface area (Å²) in [5.41, 5.74) is 0.873. The number of halogens is 1. The maximum atomic E-state index is 13.0. The molecule has 1 aliphatic rings. The van der Waals surface area contributed by atoms with Gasteiger partial charge in [0, 0.05) is 13.0 Å². The van der Waals surface area contributed by atoms with Gasteiger partial charge in [0.2, 0.25) is 5.91 Å². The van der Waals surface area contributed by atoms with Crippen LogP contribution in [0.15, 0.2) is 24.3 Å². The summed E-state index contributed by atoms with van der Waals surface area (Å²) < 4.78 is 13.0. The molecule has 1 heterocycles. The lowest BCUT2D eigenvalue weighted by atomic mass is 9.99. The first-order chi connectivity index (χ1) is 10.6.